The van der Waals surface area contributed by atoms with Crippen LogP contribution in [0.1, 0.15) is 31.2 Å². The van der Waals surface area contributed by atoms with Crippen molar-refractivity contribution < 1.29 is 4.74 Å². The van der Waals surface area contributed by atoms with E-state index < -0.39 is 0 Å². The van der Waals surface area contributed by atoms with Crippen LogP contribution in [0.4, 0.5) is 0 Å². The summed E-state index contributed by atoms with van der Waals surface area (Å²) in [7, 11) is 0. The summed E-state index contributed by atoms with van der Waals surface area (Å²) < 4.78 is 5.36. The summed E-state index contributed by atoms with van der Waals surface area (Å²) in [5, 5.41) is 0.800. The summed E-state index contributed by atoms with van der Waals surface area (Å²) in [5.41, 5.74) is 7.59. The third-order valence-electron chi connectivity index (χ3n) is 4.88. The molecule has 2 aliphatic rings. The largest absolute Gasteiger partial charge is 0.378 e. The fourth-order valence-corrected chi connectivity index (χ4v) is 3.72. The molecular formula is C17H25ClIN3O. The molecule has 1 aliphatic carbocycles. The quantitative estimate of drug-likeness (QED) is 0.437. The molecule has 0 spiro atoms. The molecule has 3 rings (SSSR count). The Bertz CT molecular complexity index is 540. The highest BCUT2D eigenvalue weighted by Crippen LogP contribution is 2.42. The second-order valence-corrected chi connectivity index (χ2v) is 6.71. The van der Waals surface area contributed by atoms with E-state index in [1.165, 1.54) is 18.4 Å². The number of morpholine rings is 1. The van der Waals surface area contributed by atoms with E-state index in [1.54, 1.807) is 0 Å². The van der Waals surface area contributed by atoms with E-state index in [0.29, 0.717) is 5.96 Å². The number of ether oxygens (including phenoxy) is 1. The van der Waals surface area contributed by atoms with Crippen LogP contribution < -0.4 is 5.73 Å². The highest BCUT2D eigenvalue weighted by Gasteiger charge is 2.35. The first kappa shape index (κ1) is 18.8. The van der Waals surface area contributed by atoms with Gasteiger partial charge in [-0.05, 0) is 30.5 Å². The van der Waals surface area contributed by atoms with Crippen LogP contribution in [0.2, 0.25) is 5.02 Å². The number of nitrogens with zero attached hydrogens (tertiary/aromatic N) is 2. The van der Waals surface area contributed by atoms with Gasteiger partial charge in [0.1, 0.15) is 0 Å². The summed E-state index contributed by atoms with van der Waals surface area (Å²) in [5.74, 6) is 0.650. The Balaban J connectivity index is 0.00000192. The number of halogens is 2. The van der Waals surface area contributed by atoms with Gasteiger partial charge in [-0.2, -0.15) is 0 Å². The van der Waals surface area contributed by atoms with Crippen molar-refractivity contribution in [1.82, 2.24) is 4.90 Å². The first-order valence-electron chi connectivity index (χ1n) is 8.08. The van der Waals surface area contributed by atoms with E-state index in [9.17, 15) is 0 Å². The maximum Gasteiger partial charge on any atom is 0.191 e. The minimum absolute atomic E-state index is 0. The molecule has 0 bridgehead atoms. The van der Waals surface area contributed by atoms with Gasteiger partial charge >= 0.3 is 0 Å². The van der Waals surface area contributed by atoms with Gasteiger partial charge < -0.3 is 15.4 Å². The van der Waals surface area contributed by atoms with E-state index in [0.717, 1.165) is 50.7 Å². The predicted octanol–water partition coefficient (Wildman–Crippen LogP) is 3.42. The second-order valence-electron chi connectivity index (χ2n) is 6.27. The predicted molar refractivity (Wildman–Crippen MR) is 106 cm³/mol. The Morgan fingerprint density at radius 1 is 1.26 bits per heavy atom. The topological polar surface area (TPSA) is 50.8 Å². The van der Waals surface area contributed by atoms with E-state index in [2.05, 4.69) is 17.0 Å². The van der Waals surface area contributed by atoms with Crippen molar-refractivity contribution in [2.45, 2.75) is 31.1 Å². The molecule has 1 aromatic rings. The third kappa shape index (κ3) is 4.51. The highest BCUT2D eigenvalue weighted by molar-refractivity contribution is 14.0. The average molecular weight is 450 g/mol. The maximum absolute atomic E-state index is 6.19. The molecule has 1 heterocycles. The molecule has 0 amide bonds. The van der Waals surface area contributed by atoms with E-state index in [-0.39, 0.29) is 29.4 Å². The molecule has 2 fully saturated rings. The lowest BCUT2D eigenvalue weighted by Crippen LogP contribution is -2.45. The lowest BCUT2D eigenvalue weighted by atomic mass is 9.79. The molecule has 0 radical (unpaired) electrons. The van der Waals surface area contributed by atoms with Gasteiger partial charge in [-0.1, -0.05) is 36.6 Å². The minimum Gasteiger partial charge on any atom is -0.378 e. The minimum atomic E-state index is 0. The zero-order valence-corrected chi connectivity index (χ0v) is 16.4. The van der Waals surface area contributed by atoms with Gasteiger partial charge in [0.25, 0.3) is 0 Å². The van der Waals surface area contributed by atoms with Crippen molar-refractivity contribution in [2.24, 2.45) is 10.7 Å². The second kappa shape index (κ2) is 8.53. The molecule has 1 aromatic carbocycles. The van der Waals surface area contributed by atoms with Crippen molar-refractivity contribution in [3.8, 4) is 0 Å². The zero-order valence-electron chi connectivity index (χ0n) is 13.3. The fraction of sp³-hybridized carbons (Fsp3) is 0.588. The lowest BCUT2D eigenvalue weighted by Gasteiger charge is -2.31. The Morgan fingerprint density at radius 3 is 2.61 bits per heavy atom. The van der Waals surface area contributed by atoms with Crippen molar-refractivity contribution in [3.63, 3.8) is 0 Å². The Kier molecular flexibility index (Phi) is 6.98. The van der Waals surface area contributed by atoms with Crippen molar-refractivity contribution in [1.29, 1.82) is 0 Å². The summed E-state index contributed by atoms with van der Waals surface area (Å²) >= 11 is 6.19. The number of rotatable bonds is 3. The molecule has 0 atom stereocenters. The fourth-order valence-electron chi connectivity index (χ4n) is 3.53. The van der Waals surface area contributed by atoms with Crippen LogP contribution in [0.25, 0.3) is 0 Å². The summed E-state index contributed by atoms with van der Waals surface area (Å²) in [6.07, 6.45) is 4.82. The number of hydrogen-bond acceptors (Lipinski definition) is 2. The van der Waals surface area contributed by atoms with Crippen molar-refractivity contribution in [2.75, 3.05) is 32.8 Å². The number of guanidine groups is 1. The summed E-state index contributed by atoms with van der Waals surface area (Å²) in [6, 6.07) is 8.23. The van der Waals surface area contributed by atoms with Crippen molar-refractivity contribution in [3.05, 3.63) is 34.9 Å². The summed E-state index contributed by atoms with van der Waals surface area (Å²) in [6.45, 7) is 3.88. The van der Waals surface area contributed by atoms with Gasteiger partial charge in [0, 0.05) is 23.5 Å². The Morgan fingerprint density at radius 2 is 1.96 bits per heavy atom. The number of hydrogen-bond donors (Lipinski definition) is 1. The van der Waals surface area contributed by atoms with E-state index in [1.807, 2.05) is 12.1 Å². The van der Waals surface area contributed by atoms with Crippen LogP contribution in [0, 0.1) is 0 Å². The number of nitrogens with two attached hydrogens (primary N) is 1. The van der Waals surface area contributed by atoms with Gasteiger partial charge in [0.05, 0.1) is 19.8 Å². The number of aliphatic imine (C=N–C) groups is 1. The van der Waals surface area contributed by atoms with Crippen LogP contribution in [-0.4, -0.2) is 43.7 Å². The molecule has 1 aliphatic heterocycles. The SMILES string of the molecule is I.NC(=NCC1(c2cccc(Cl)c2)CCCC1)N1CCOCC1. The third-order valence-corrected chi connectivity index (χ3v) is 5.11. The molecule has 6 heteroatoms. The van der Waals surface area contributed by atoms with E-state index >= 15 is 0 Å². The molecule has 4 nitrogen and oxygen atoms in total. The average Bonchev–Trinajstić information content (AvgIpc) is 3.04. The van der Waals surface area contributed by atoms with Gasteiger partial charge in [-0.15, -0.1) is 24.0 Å². The number of benzene rings is 1. The van der Waals surface area contributed by atoms with Crippen LogP contribution in [0.5, 0.6) is 0 Å². The monoisotopic (exact) mass is 449 g/mol. The normalized spacial score (nSPS) is 21.1. The van der Waals surface area contributed by atoms with Gasteiger partial charge in [0.15, 0.2) is 5.96 Å². The standard InChI is InChI=1S/C17H24ClN3O.HI/c18-15-5-3-4-14(12-15)17(6-1-2-7-17)13-20-16(19)21-8-10-22-11-9-21;/h3-5,12H,1-2,6-11,13H2,(H2,19,20);1H. The first-order chi connectivity index (χ1) is 10.7. The molecule has 0 unspecified atom stereocenters. The van der Waals surface area contributed by atoms with Crippen LogP contribution in [0.15, 0.2) is 29.3 Å². The molecule has 1 saturated carbocycles. The Labute approximate surface area is 160 Å². The summed E-state index contributed by atoms with van der Waals surface area (Å²) in [4.78, 5) is 6.84. The maximum atomic E-state index is 6.19. The van der Waals surface area contributed by atoms with Crippen molar-refractivity contribution >= 4 is 41.5 Å². The highest BCUT2D eigenvalue weighted by atomic mass is 127. The van der Waals surface area contributed by atoms with Gasteiger partial charge in [0.2, 0.25) is 0 Å². The van der Waals surface area contributed by atoms with Gasteiger partial charge in [-0.3, -0.25) is 4.99 Å². The molecule has 1 saturated heterocycles. The lowest BCUT2D eigenvalue weighted by molar-refractivity contribution is 0.0673. The van der Waals surface area contributed by atoms with Crippen LogP contribution in [-0.2, 0) is 10.2 Å². The molecule has 23 heavy (non-hydrogen) atoms. The zero-order chi connectivity index (χ0) is 15.4. The molecule has 128 valence electrons. The smallest absolute Gasteiger partial charge is 0.191 e. The van der Waals surface area contributed by atoms with Gasteiger partial charge in [-0.25, -0.2) is 0 Å². The first-order valence-corrected chi connectivity index (χ1v) is 8.46. The Hall–Kier alpha value is -0.530. The molecule has 0 aromatic heterocycles. The molecular weight excluding hydrogens is 425 g/mol. The van der Waals surface area contributed by atoms with Crippen LogP contribution >= 0.6 is 35.6 Å². The van der Waals surface area contributed by atoms with Crippen LogP contribution in [0.3, 0.4) is 0 Å². The van der Waals surface area contributed by atoms with E-state index in [4.69, 9.17) is 27.1 Å². The molecule has 2 N–H and O–H groups in total.